The molecule has 2 nitrogen and oxygen atoms in total. The van der Waals surface area contributed by atoms with Crippen molar-refractivity contribution in [3.05, 3.63) is 34.7 Å². The molecule has 0 unspecified atom stereocenters. The van der Waals surface area contributed by atoms with Gasteiger partial charge in [-0.25, -0.2) is 0 Å². The van der Waals surface area contributed by atoms with Crippen molar-refractivity contribution in [2.45, 2.75) is 19.0 Å². The molecule has 2 aromatic rings. The number of benzene rings is 1. The van der Waals surface area contributed by atoms with Crippen molar-refractivity contribution in [1.29, 1.82) is 0 Å². The lowest BCUT2D eigenvalue weighted by Gasteiger charge is -2.32. The molecule has 1 aromatic heterocycles. The Morgan fingerprint density at radius 1 is 1.09 bits per heavy atom. The van der Waals surface area contributed by atoms with E-state index >= 15 is 0 Å². The maximum atomic E-state index is 12.8. The summed E-state index contributed by atoms with van der Waals surface area (Å²) < 4.78 is 39.2. The lowest BCUT2D eigenvalue weighted by atomic mass is 10.1. The van der Waals surface area contributed by atoms with E-state index in [1.54, 1.807) is 17.4 Å². The molecule has 2 heterocycles. The van der Waals surface area contributed by atoms with Crippen molar-refractivity contribution in [2.24, 2.45) is 0 Å². The molecule has 0 N–H and O–H groups in total. The molecule has 1 aromatic carbocycles. The van der Waals surface area contributed by atoms with Gasteiger partial charge in [-0.3, -0.25) is 0 Å². The Balaban J connectivity index is 1.58. The van der Waals surface area contributed by atoms with E-state index < -0.39 is 11.7 Å². The van der Waals surface area contributed by atoms with Crippen molar-refractivity contribution in [1.82, 2.24) is 9.80 Å². The van der Waals surface area contributed by atoms with Crippen LogP contribution < -0.4 is 0 Å². The van der Waals surface area contributed by atoms with E-state index in [-0.39, 0.29) is 0 Å². The average Bonchev–Trinajstić information content (AvgIpc) is 2.90. The van der Waals surface area contributed by atoms with Crippen LogP contribution in [-0.2, 0) is 12.6 Å². The van der Waals surface area contributed by atoms with Crippen LogP contribution >= 0.6 is 11.3 Å². The summed E-state index contributed by atoms with van der Waals surface area (Å²) in [6.07, 6.45) is -2.27. The van der Waals surface area contributed by atoms with Crippen LogP contribution in [0.25, 0.3) is 10.1 Å². The number of aryl methyl sites for hydroxylation is 1. The second kappa shape index (κ2) is 6.79. The van der Waals surface area contributed by atoms with Crippen molar-refractivity contribution >= 4 is 21.4 Å². The Morgan fingerprint density at radius 3 is 2.52 bits per heavy atom. The van der Waals surface area contributed by atoms with Gasteiger partial charge in [-0.15, -0.1) is 11.3 Å². The van der Waals surface area contributed by atoms with Gasteiger partial charge in [0.15, 0.2) is 0 Å². The largest absolute Gasteiger partial charge is 0.416 e. The predicted molar refractivity (Wildman–Crippen MR) is 89.1 cm³/mol. The second-order valence-corrected chi connectivity index (χ2v) is 7.38. The zero-order valence-corrected chi connectivity index (χ0v) is 14.0. The van der Waals surface area contributed by atoms with Gasteiger partial charge in [0.25, 0.3) is 0 Å². The van der Waals surface area contributed by atoms with Crippen LogP contribution in [0.3, 0.4) is 0 Å². The monoisotopic (exact) mass is 342 g/mol. The highest BCUT2D eigenvalue weighted by Crippen LogP contribution is 2.34. The molecule has 0 bridgehead atoms. The van der Waals surface area contributed by atoms with Crippen molar-refractivity contribution in [3.63, 3.8) is 0 Å². The molecule has 0 saturated carbocycles. The number of alkyl halides is 3. The molecule has 23 heavy (non-hydrogen) atoms. The quantitative estimate of drug-likeness (QED) is 0.825. The molecule has 1 aliphatic heterocycles. The zero-order valence-electron chi connectivity index (χ0n) is 13.2. The molecule has 1 fully saturated rings. The summed E-state index contributed by atoms with van der Waals surface area (Å²) in [5.41, 5.74) is -0.563. The molecule has 0 amide bonds. The Bertz CT molecular complexity index is 657. The lowest BCUT2D eigenvalue weighted by Crippen LogP contribution is -2.44. The first-order chi connectivity index (χ1) is 10.9. The third-order valence-corrected chi connectivity index (χ3v) is 5.56. The fourth-order valence-electron chi connectivity index (χ4n) is 2.95. The van der Waals surface area contributed by atoms with Crippen LogP contribution in [-0.4, -0.2) is 49.6 Å². The van der Waals surface area contributed by atoms with Crippen molar-refractivity contribution in [2.75, 3.05) is 39.8 Å². The molecule has 1 saturated heterocycles. The Hall–Kier alpha value is -1.11. The average molecular weight is 342 g/mol. The molecule has 0 spiro atoms. The van der Waals surface area contributed by atoms with Gasteiger partial charge in [-0.2, -0.15) is 13.2 Å². The highest BCUT2D eigenvalue weighted by Gasteiger charge is 2.30. The Labute approximate surface area is 138 Å². The van der Waals surface area contributed by atoms with E-state index in [2.05, 4.69) is 16.8 Å². The molecule has 0 atom stereocenters. The first-order valence-electron chi connectivity index (χ1n) is 7.92. The number of hydrogen-bond acceptors (Lipinski definition) is 3. The van der Waals surface area contributed by atoms with E-state index in [4.69, 9.17) is 0 Å². The number of nitrogens with zero attached hydrogens (tertiary/aromatic N) is 2. The smallest absolute Gasteiger partial charge is 0.304 e. The van der Waals surface area contributed by atoms with Gasteiger partial charge in [0.2, 0.25) is 0 Å². The topological polar surface area (TPSA) is 6.48 Å². The zero-order chi connectivity index (χ0) is 16.4. The predicted octanol–water partition coefficient (Wildman–Crippen LogP) is 4.10. The highest BCUT2D eigenvalue weighted by atomic mass is 32.1. The number of halogens is 3. The standard InChI is InChI=1S/C17H21F3N2S/c1-21-7-9-22(10-8-21)6-2-3-15-12-13-11-14(17(18,19)20)4-5-16(13)23-15/h4-5,11-12H,2-3,6-10H2,1H3. The van der Waals surface area contributed by atoms with E-state index in [0.717, 1.165) is 50.3 Å². The van der Waals surface area contributed by atoms with Crippen molar-refractivity contribution < 1.29 is 13.2 Å². The van der Waals surface area contributed by atoms with E-state index in [1.165, 1.54) is 17.0 Å². The van der Waals surface area contributed by atoms with Crippen LogP contribution in [0.5, 0.6) is 0 Å². The van der Waals surface area contributed by atoms with E-state index in [1.807, 2.05) is 6.07 Å². The molecule has 0 aliphatic carbocycles. The minimum absolute atomic E-state index is 0.563. The van der Waals surface area contributed by atoms with Crippen molar-refractivity contribution in [3.8, 4) is 0 Å². The number of piperazine rings is 1. The number of fused-ring (bicyclic) bond motifs is 1. The fourth-order valence-corrected chi connectivity index (χ4v) is 4.03. The number of likely N-dealkylation sites (N-methyl/N-ethyl adjacent to an activating group) is 1. The molecule has 3 rings (SSSR count). The maximum Gasteiger partial charge on any atom is 0.416 e. The third-order valence-electron chi connectivity index (χ3n) is 4.39. The Morgan fingerprint density at radius 2 is 1.83 bits per heavy atom. The normalized spacial score (nSPS) is 17.9. The van der Waals surface area contributed by atoms with Gasteiger partial charge in [-0.05, 0) is 56.1 Å². The first-order valence-corrected chi connectivity index (χ1v) is 8.74. The van der Waals surface area contributed by atoms with E-state index in [0.29, 0.717) is 5.39 Å². The van der Waals surface area contributed by atoms with Gasteiger partial charge in [0.05, 0.1) is 5.56 Å². The van der Waals surface area contributed by atoms with Crippen LogP contribution in [0.2, 0.25) is 0 Å². The summed E-state index contributed by atoms with van der Waals surface area (Å²) in [5.74, 6) is 0. The van der Waals surface area contributed by atoms with Crippen LogP contribution in [0.15, 0.2) is 24.3 Å². The van der Waals surface area contributed by atoms with Gasteiger partial charge in [0, 0.05) is 35.8 Å². The fraction of sp³-hybridized carbons (Fsp3) is 0.529. The minimum atomic E-state index is -4.27. The van der Waals surface area contributed by atoms with Gasteiger partial charge in [-0.1, -0.05) is 0 Å². The molecule has 6 heteroatoms. The summed E-state index contributed by atoms with van der Waals surface area (Å²) >= 11 is 1.61. The van der Waals surface area contributed by atoms with Gasteiger partial charge >= 0.3 is 6.18 Å². The number of hydrogen-bond donors (Lipinski definition) is 0. The SMILES string of the molecule is CN1CCN(CCCc2cc3cc(C(F)(F)F)ccc3s2)CC1. The molecule has 1 aliphatic rings. The lowest BCUT2D eigenvalue weighted by molar-refractivity contribution is -0.137. The number of thiophene rings is 1. The summed E-state index contributed by atoms with van der Waals surface area (Å²) in [7, 11) is 2.14. The van der Waals surface area contributed by atoms with Crippen LogP contribution in [0.1, 0.15) is 16.9 Å². The van der Waals surface area contributed by atoms with Crippen LogP contribution in [0.4, 0.5) is 13.2 Å². The van der Waals surface area contributed by atoms with Crippen LogP contribution in [0, 0.1) is 0 Å². The maximum absolute atomic E-state index is 12.8. The molecule has 0 radical (unpaired) electrons. The highest BCUT2D eigenvalue weighted by molar-refractivity contribution is 7.19. The molecular formula is C17H21F3N2S. The summed E-state index contributed by atoms with van der Waals surface area (Å²) in [6, 6.07) is 5.94. The van der Waals surface area contributed by atoms with Gasteiger partial charge in [0.1, 0.15) is 0 Å². The Kier molecular flexibility index (Phi) is 4.94. The number of rotatable bonds is 4. The summed E-state index contributed by atoms with van der Waals surface area (Å²) in [6.45, 7) is 5.51. The summed E-state index contributed by atoms with van der Waals surface area (Å²) in [4.78, 5) is 5.98. The third kappa shape index (κ3) is 4.25. The molecule has 126 valence electrons. The molecular weight excluding hydrogens is 321 g/mol. The minimum Gasteiger partial charge on any atom is -0.304 e. The second-order valence-electron chi connectivity index (χ2n) is 6.21. The first kappa shape index (κ1) is 16.7. The summed E-state index contributed by atoms with van der Waals surface area (Å²) in [5, 5.41) is 0.708. The van der Waals surface area contributed by atoms with Gasteiger partial charge < -0.3 is 9.80 Å². The van der Waals surface area contributed by atoms with E-state index in [9.17, 15) is 13.2 Å².